The molecule has 0 radical (unpaired) electrons. The normalized spacial score (nSPS) is 24.6. The van der Waals surface area contributed by atoms with Gasteiger partial charge in [-0.25, -0.2) is 0 Å². The SMILES string of the molecule is C=C[C@H]1O[C@@H]1COCc1ccccc1. The molecule has 0 unspecified atom stereocenters. The zero-order chi connectivity index (χ0) is 9.80. The Morgan fingerprint density at radius 2 is 2.14 bits per heavy atom. The first-order valence-corrected chi connectivity index (χ1v) is 4.80. The third-order valence-electron chi connectivity index (χ3n) is 2.25. The van der Waals surface area contributed by atoms with Gasteiger partial charge in [-0.2, -0.15) is 0 Å². The average molecular weight is 190 g/mol. The highest BCUT2D eigenvalue weighted by Gasteiger charge is 2.35. The Morgan fingerprint density at radius 3 is 2.79 bits per heavy atom. The Bertz CT molecular complexity index is 294. The maximum absolute atomic E-state index is 5.50. The fourth-order valence-corrected chi connectivity index (χ4v) is 1.37. The summed E-state index contributed by atoms with van der Waals surface area (Å²) in [5, 5.41) is 0. The molecule has 2 atom stereocenters. The van der Waals surface area contributed by atoms with Crippen LogP contribution in [0.25, 0.3) is 0 Å². The zero-order valence-electron chi connectivity index (χ0n) is 8.06. The van der Waals surface area contributed by atoms with Crippen molar-refractivity contribution in [3.8, 4) is 0 Å². The summed E-state index contributed by atoms with van der Waals surface area (Å²) in [5.41, 5.74) is 1.20. The molecule has 2 rings (SSSR count). The van der Waals surface area contributed by atoms with Crippen molar-refractivity contribution in [1.29, 1.82) is 0 Å². The van der Waals surface area contributed by atoms with Crippen LogP contribution in [0.3, 0.4) is 0 Å². The zero-order valence-corrected chi connectivity index (χ0v) is 8.06. The fourth-order valence-electron chi connectivity index (χ4n) is 1.37. The molecule has 1 heterocycles. The topological polar surface area (TPSA) is 21.8 Å². The van der Waals surface area contributed by atoms with Crippen LogP contribution in [-0.2, 0) is 16.1 Å². The van der Waals surface area contributed by atoms with E-state index in [1.807, 2.05) is 24.3 Å². The van der Waals surface area contributed by atoms with Gasteiger partial charge in [0.25, 0.3) is 0 Å². The van der Waals surface area contributed by atoms with Crippen molar-refractivity contribution in [1.82, 2.24) is 0 Å². The Hall–Kier alpha value is -1.12. The Morgan fingerprint density at radius 1 is 1.36 bits per heavy atom. The molecule has 2 nitrogen and oxygen atoms in total. The van der Waals surface area contributed by atoms with Gasteiger partial charge in [0.1, 0.15) is 12.2 Å². The predicted octanol–water partition coefficient (Wildman–Crippen LogP) is 2.16. The quantitative estimate of drug-likeness (QED) is 0.524. The Labute approximate surface area is 84.2 Å². The van der Waals surface area contributed by atoms with Crippen molar-refractivity contribution < 1.29 is 9.47 Å². The van der Waals surface area contributed by atoms with Crippen LogP contribution in [-0.4, -0.2) is 18.8 Å². The second-order valence-corrected chi connectivity index (χ2v) is 3.38. The van der Waals surface area contributed by atoms with Gasteiger partial charge >= 0.3 is 0 Å². The monoisotopic (exact) mass is 190 g/mol. The molecule has 1 aromatic rings. The lowest BCUT2D eigenvalue weighted by molar-refractivity contribution is 0.104. The second-order valence-electron chi connectivity index (χ2n) is 3.38. The van der Waals surface area contributed by atoms with E-state index in [1.54, 1.807) is 0 Å². The lowest BCUT2D eigenvalue weighted by Gasteiger charge is -2.01. The molecule has 1 aliphatic rings. The molecule has 1 aromatic carbocycles. The van der Waals surface area contributed by atoms with Crippen LogP contribution in [0.2, 0.25) is 0 Å². The highest BCUT2D eigenvalue weighted by Crippen LogP contribution is 2.22. The molecular formula is C12H14O2. The highest BCUT2D eigenvalue weighted by atomic mass is 16.6. The summed E-state index contributed by atoms with van der Waals surface area (Å²) in [6.07, 6.45) is 2.26. The minimum absolute atomic E-state index is 0.214. The van der Waals surface area contributed by atoms with Crippen molar-refractivity contribution in [2.24, 2.45) is 0 Å². The van der Waals surface area contributed by atoms with Crippen molar-refractivity contribution >= 4 is 0 Å². The first-order chi connectivity index (χ1) is 6.90. The minimum atomic E-state index is 0.214. The number of rotatable bonds is 5. The van der Waals surface area contributed by atoms with Crippen molar-refractivity contribution in [2.45, 2.75) is 18.8 Å². The Balaban J connectivity index is 1.67. The van der Waals surface area contributed by atoms with E-state index in [2.05, 4.69) is 18.7 Å². The lowest BCUT2D eigenvalue weighted by Crippen LogP contribution is -2.03. The van der Waals surface area contributed by atoms with Gasteiger partial charge in [0.2, 0.25) is 0 Å². The van der Waals surface area contributed by atoms with Crippen LogP contribution in [0, 0.1) is 0 Å². The molecular weight excluding hydrogens is 176 g/mol. The van der Waals surface area contributed by atoms with Gasteiger partial charge in [-0.1, -0.05) is 36.4 Å². The number of epoxide rings is 1. The predicted molar refractivity (Wildman–Crippen MR) is 55.0 cm³/mol. The molecule has 0 amide bonds. The van der Waals surface area contributed by atoms with Crippen LogP contribution in [0.1, 0.15) is 5.56 Å². The summed E-state index contributed by atoms with van der Waals surface area (Å²) < 4.78 is 10.8. The minimum Gasteiger partial charge on any atom is -0.374 e. The van der Waals surface area contributed by atoms with E-state index in [-0.39, 0.29) is 12.2 Å². The van der Waals surface area contributed by atoms with Gasteiger partial charge in [-0.15, -0.1) is 6.58 Å². The van der Waals surface area contributed by atoms with Gasteiger partial charge in [0, 0.05) is 0 Å². The van der Waals surface area contributed by atoms with Gasteiger partial charge < -0.3 is 9.47 Å². The van der Waals surface area contributed by atoms with E-state index in [0.29, 0.717) is 13.2 Å². The summed E-state index contributed by atoms with van der Waals surface area (Å²) in [6, 6.07) is 10.1. The van der Waals surface area contributed by atoms with Crippen molar-refractivity contribution in [3.05, 3.63) is 48.6 Å². The van der Waals surface area contributed by atoms with E-state index in [0.717, 1.165) is 0 Å². The van der Waals surface area contributed by atoms with E-state index in [4.69, 9.17) is 9.47 Å². The van der Waals surface area contributed by atoms with Crippen LogP contribution < -0.4 is 0 Å². The molecule has 0 aromatic heterocycles. The van der Waals surface area contributed by atoms with E-state index in [9.17, 15) is 0 Å². The number of benzene rings is 1. The third-order valence-corrected chi connectivity index (χ3v) is 2.25. The first-order valence-electron chi connectivity index (χ1n) is 4.80. The van der Waals surface area contributed by atoms with Gasteiger partial charge in [-0.05, 0) is 5.56 Å². The molecule has 74 valence electrons. The average Bonchev–Trinajstić information content (AvgIpc) is 2.98. The maximum atomic E-state index is 5.50. The summed E-state index contributed by atoms with van der Waals surface area (Å²) in [7, 11) is 0. The summed E-state index contributed by atoms with van der Waals surface area (Å²) in [6.45, 7) is 4.97. The molecule has 0 saturated carbocycles. The van der Waals surface area contributed by atoms with Crippen LogP contribution in [0.15, 0.2) is 43.0 Å². The molecule has 2 heteroatoms. The highest BCUT2D eigenvalue weighted by molar-refractivity contribution is 5.13. The van der Waals surface area contributed by atoms with Crippen LogP contribution in [0.5, 0.6) is 0 Å². The van der Waals surface area contributed by atoms with Gasteiger partial charge in [0.15, 0.2) is 0 Å². The number of hydrogen-bond donors (Lipinski definition) is 0. The first kappa shape index (κ1) is 9.44. The smallest absolute Gasteiger partial charge is 0.111 e. The lowest BCUT2D eigenvalue weighted by atomic mass is 10.2. The van der Waals surface area contributed by atoms with Gasteiger partial charge in [0.05, 0.1) is 13.2 Å². The molecule has 1 fully saturated rings. The molecule has 0 aliphatic carbocycles. The standard InChI is InChI=1S/C12H14O2/c1-2-11-12(14-11)9-13-8-10-6-4-3-5-7-10/h2-7,11-12H,1,8-9H2/t11-,12-/m1/s1. The van der Waals surface area contributed by atoms with E-state index >= 15 is 0 Å². The van der Waals surface area contributed by atoms with E-state index in [1.165, 1.54) is 5.56 Å². The summed E-state index contributed by atoms with van der Waals surface area (Å²) in [5.74, 6) is 0. The molecule has 1 aliphatic heterocycles. The molecule has 14 heavy (non-hydrogen) atoms. The third kappa shape index (κ3) is 2.44. The molecule has 0 bridgehead atoms. The maximum Gasteiger partial charge on any atom is 0.111 e. The van der Waals surface area contributed by atoms with Crippen molar-refractivity contribution in [3.63, 3.8) is 0 Å². The number of ether oxygens (including phenoxy) is 2. The number of hydrogen-bond acceptors (Lipinski definition) is 2. The van der Waals surface area contributed by atoms with Crippen molar-refractivity contribution in [2.75, 3.05) is 6.61 Å². The van der Waals surface area contributed by atoms with Gasteiger partial charge in [-0.3, -0.25) is 0 Å². The largest absolute Gasteiger partial charge is 0.374 e. The summed E-state index contributed by atoms with van der Waals surface area (Å²) in [4.78, 5) is 0. The molecule has 0 spiro atoms. The molecule has 1 saturated heterocycles. The fraction of sp³-hybridized carbons (Fsp3) is 0.333. The van der Waals surface area contributed by atoms with Crippen LogP contribution in [0.4, 0.5) is 0 Å². The molecule has 0 N–H and O–H groups in total. The second kappa shape index (κ2) is 4.40. The Kier molecular flexibility index (Phi) is 2.96. The van der Waals surface area contributed by atoms with E-state index < -0.39 is 0 Å². The van der Waals surface area contributed by atoms with Crippen LogP contribution >= 0.6 is 0 Å². The summed E-state index contributed by atoms with van der Waals surface area (Å²) >= 11 is 0.